The van der Waals surface area contributed by atoms with E-state index in [9.17, 15) is 13.2 Å². The molecule has 0 radical (unpaired) electrons. The molecule has 2 aromatic rings. The van der Waals surface area contributed by atoms with Gasteiger partial charge in [0.2, 0.25) is 16.0 Å². The predicted octanol–water partition coefficient (Wildman–Crippen LogP) is 1.73. The number of anilines is 1. The van der Waals surface area contributed by atoms with Crippen molar-refractivity contribution in [3.8, 4) is 6.07 Å². The number of rotatable bonds is 3. The number of aromatic nitrogens is 1. The summed E-state index contributed by atoms with van der Waals surface area (Å²) < 4.78 is 25.6. The summed E-state index contributed by atoms with van der Waals surface area (Å²) in [6.07, 6.45) is 0. The van der Waals surface area contributed by atoms with Gasteiger partial charge in [0, 0.05) is 7.05 Å². The fourth-order valence-corrected chi connectivity index (χ4v) is 5.72. The van der Waals surface area contributed by atoms with E-state index in [0.717, 1.165) is 15.6 Å². The second-order valence-corrected chi connectivity index (χ2v) is 9.69. The number of pyridine rings is 1. The number of hydrogen-bond acceptors (Lipinski definition) is 8. The Morgan fingerprint density at radius 1 is 1.50 bits per heavy atom. The van der Waals surface area contributed by atoms with E-state index in [1.807, 2.05) is 6.07 Å². The topological polar surface area (TPSA) is 142 Å². The van der Waals surface area contributed by atoms with Crippen LogP contribution < -0.4 is 11.1 Å². The summed E-state index contributed by atoms with van der Waals surface area (Å²) in [6.45, 7) is 1.60. The fraction of sp³-hybridized carbons (Fsp3) is 0.250. The first-order valence-electron chi connectivity index (χ1n) is 7.86. The van der Waals surface area contributed by atoms with Crippen LogP contribution in [0.2, 0.25) is 5.02 Å². The van der Waals surface area contributed by atoms with Crippen LogP contribution in [0.25, 0.3) is 0 Å². The minimum atomic E-state index is -3.67. The lowest BCUT2D eigenvalue weighted by atomic mass is 10.0. The van der Waals surface area contributed by atoms with Gasteiger partial charge >= 0.3 is 0 Å². The first-order chi connectivity index (χ1) is 13.1. The smallest absolute Gasteiger partial charge is 0.266 e. The van der Waals surface area contributed by atoms with Gasteiger partial charge in [-0.15, -0.1) is 11.3 Å². The Morgan fingerprint density at radius 3 is 2.86 bits per heavy atom. The number of nitrogens with one attached hydrogen (secondary N) is 1. The van der Waals surface area contributed by atoms with E-state index in [4.69, 9.17) is 22.6 Å². The molecule has 0 bridgehead atoms. The highest BCUT2D eigenvalue weighted by Crippen LogP contribution is 2.41. The van der Waals surface area contributed by atoms with Gasteiger partial charge < -0.3 is 11.1 Å². The molecule has 0 spiro atoms. The Balaban J connectivity index is 1.93. The van der Waals surface area contributed by atoms with Crippen molar-refractivity contribution < 1.29 is 13.2 Å². The minimum absolute atomic E-state index is 0.151. The largest absolute Gasteiger partial charge is 0.369 e. The van der Waals surface area contributed by atoms with Crippen LogP contribution in [-0.2, 0) is 15.6 Å². The van der Waals surface area contributed by atoms with Crippen LogP contribution in [0.3, 0.4) is 0 Å². The zero-order valence-electron chi connectivity index (χ0n) is 14.8. The summed E-state index contributed by atoms with van der Waals surface area (Å²) in [4.78, 5) is 21.5. The van der Waals surface area contributed by atoms with E-state index < -0.39 is 21.5 Å². The zero-order valence-corrected chi connectivity index (χ0v) is 17.2. The van der Waals surface area contributed by atoms with Gasteiger partial charge in [-0.1, -0.05) is 17.7 Å². The second-order valence-electron chi connectivity index (χ2n) is 6.23. The second kappa shape index (κ2) is 7.05. The maximum atomic E-state index is 12.5. The molecule has 1 aliphatic rings. The lowest BCUT2D eigenvalue weighted by molar-refractivity contribution is 0.103. The average Bonchev–Trinajstić information content (AvgIpc) is 3.02. The molecule has 0 unspecified atom stereocenters. The maximum Gasteiger partial charge on any atom is 0.266 e. The Kier molecular flexibility index (Phi) is 5.05. The van der Waals surface area contributed by atoms with E-state index in [2.05, 4.69) is 15.3 Å². The molecule has 0 aliphatic carbocycles. The van der Waals surface area contributed by atoms with Crippen molar-refractivity contribution in [3.05, 3.63) is 44.7 Å². The molecular weight excluding hydrogens is 424 g/mol. The molecule has 1 atom stereocenters. The fourth-order valence-electron chi connectivity index (χ4n) is 2.66. The Labute approximate surface area is 170 Å². The standard InChI is InChI=1S/C16H15ClN6O3S2/c1-16(8-28(25,26)23(2)15(19)22-16)13-10(17)6-11(27-13)14(24)21-12-5-3-4-9(7-18)20-12/h3-6H,8H2,1-2H3,(H2,19,22)(H,20,21,24)/t16-/m0/s1. The molecule has 0 saturated carbocycles. The van der Waals surface area contributed by atoms with Crippen LogP contribution in [0.15, 0.2) is 29.3 Å². The van der Waals surface area contributed by atoms with Crippen molar-refractivity contribution >= 4 is 50.6 Å². The van der Waals surface area contributed by atoms with Crippen LogP contribution in [0.1, 0.15) is 27.2 Å². The first kappa shape index (κ1) is 20.1. The summed E-state index contributed by atoms with van der Waals surface area (Å²) in [5.41, 5.74) is 4.71. The Bertz CT molecular complexity index is 1140. The number of sulfonamides is 1. The molecule has 0 fully saturated rings. The van der Waals surface area contributed by atoms with Gasteiger partial charge in [0.15, 0.2) is 0 Å². The highest BCUT2D eigenvalue weighted by atomic mass is 35.5. The minimum Gasteiger partial charge on any atom is -0.369 e. The molecule has 0 aromatic carbocycles. The number of carbonyl (C=O) groups is 1. The van der Waals surface area contributed by atoms with Crippen molar-refractivity contribution in [2.45, 2.75) is 12.5 Å². The number of nitriles is 1. The van der Waals surface area contributed by atoms with Crippen molar-refractivity contribution in [2.75, 3.05) is 18.1 Å². The number of amides is 1. The SMILES string of the molecule is CN1C(N)=N[C@](C)(c2sc(C(=O)Nc3cccc(C#N)n3)cc2Cl)CS1(=O)=O. The van der Waals surface area contributed by atoms with Gasteiger partial charge in [-0.3, -0.25) is 4.79 Å². The van der Waals surface area contributed by atoms with E-state index >= 15 is 0 Å². The first-order valence-corrected chi connectivity index (χ1v) is 10.7. The molecule has 12 heteroatoms. The molecule has 3 N–H and O–H groups in total. The van der Waals surface area contributed by atoms with Gasteiger partial charge in [0.25, 0.3) is 5.91 Å². The van der Waals surface area contributed by atoms with Crippen molar-refractivity contribution in [1.82, 2.24) is 9.29 Å². The number of nitrogens with zero attached hydrogens (tertiary/aromatic N) is 4. The third kappa shape index (κ3) is 3.66. The van der Waals surface area contributed by atoms with Crippen LogP contribution >= 0.6 is 22.9 Å². The number of guanidine groups is 1. The Morgan fingerprint density at radius 2 is 2.21 bits per heavy atom. The third-order valence-electron chi connectivity index (χ3n) is 4.07. The normalized spacial score (nSPS) is 20.9. The number of halogens is 1. The molecule has 2 aromatic heterocycles. The summed E-state index contributed by atoms with van der Waals surface area (Å²) in [5, 5.41) is 11.7. The predicted molar refractivity (Wildman–Crippen MR) is 107 cm³/mol. The lowest BCUT2D eigenvalue weighted by Gasteiger charge is -2.33. The van der Waals surface area contributed by atoms with E-state index in [0.29, 0.717) is 4.88 Å². The number of carbonyl (C=O) groups excluding carboxylic acids is 1. The van der Waals surface area contributed by atoms with Crippen molar-refractivity contribution in [2.24, 2.45) is 10.7 Å². The molecule has 146 valence electrons. The summed E-state index contributed by atoms with van der Waals surface area (Å²) in [7, 11) is -2.34. The summed E-state index contributed by atoms with van der Waals surface area (Å²) in [5.74, 6) is -0.756. The zero-order chi connectivity index (χ0) is 20.7. The van der Waals surface area contributed by atoms with E-state index in [-0.39, 0.29) is 33.1 Å². The third-order valence-corrected chi connectivity index (χ3v) is 7.82. The molecule has 1 amide bonds. The van der Waals surface area contributed by atoms with Gasteiger partial charge in [-0.05, 0) is 25.1 Å². The quantitative estimate of drug-likeness (QED) is 0.747. The average molecular weight is 439 g/mol. The van der Waals surface area contributed by atoms with Gasteiger partial charge in [-0.25, -0.2) is 22.7 Å². The van der Waals surface area contributed by atoms with Crippen LogP contribution in [-0.4, -0.2) is 42.4 Å². The van der Waals surface area contributed by atoms with Gasteiger partial charge in [0.1, 0.15) is 23.1 Å². The number of nitrogens with two attached hydrogens (primary N) is 1. The Hall–Kier alpha value is -2.68. The highest BCUT2D eigenvalue weighted by Gasteiger charge is 2.42. The summed E-state index contributed by atoms with van der Waals surface area (Å²) >= 11 is 7.32. The van der Waals surface area contributed by atoms with Gasteiger partial charge in [-0.2, -0.15) is 5.26 Å². The van der Waals surface area contributed by atoms with E-state index in [1.54, 1.807) is 19.1 Å². The lowest BCUT2D eigenvalue weighted by Crippen LogP contribution is -2.50. The monoisotopic (exact) mass is 438 g/mol. The molecule has 28 heavy (non-hydrogen) atoms. The molecular formula is C16H15ClN6O3S2. The van der Waals surface area contributed by atoms with Crippen molar-refractivity contribution in [1.29, 1.82) is 5.26 Å². The van der Waals surface area contributed by atoms with Crippen molar-refractivity contribution in [3.63, 3.8) is 0 Å². The number of hydrogen-bond donors (Lipinski definition) is 2. The van der Waals surface area contributed by atoms with Gasteiger partial charge in [0.05, 0.1) is 20.5 Å². The van der Waals surface area contributed by atoms with E-state index in [1.165, 1.54) is 19.2 Å². The maximum absolute atomic E-state index is 12.5. The molecule has 3 rings (SSSR count). The molecule has 1 aliphatic heterocycles. The van der Waals surface area contributed by atoms with Crippen LogP contribution in [0.5, 0.6) is 0 Å². The molecule has 3 heterocycles. The van der Waals surface area contributed by atoms with Crippen LogP contribution in [0, 0.1) is 11.3 Å². The number of thiophene rings is 1. The molecule has 0 saturated heterocycles. The molecule has 9 nitrogen and oxygen atoms in total. The number of aliphatic imine (C=N–C) groups is 1. The van der Waals surface area contributed by atoms with Crippen LogP contribution in [0.4, 0.5) is 5.82 Å². The summed E-state index contributed by atoms with van der Waals surface area (Å²) in [6, 6.07) is 7.98. The highest BCUT2D eigenvalue weighted by molar-refractivity contribution is 7.89.